The summed E-state index contributed by atoms with van der Waals surface area (Å²) >= 11 is 0. The number of nitrogens with zero attached hydrogens (tertiary/aromatic N) is 2. The molecule has 0 radical (unpaired) electrons. The number of aromatic nitrogens is 2. The molecule has 7 heteroatoms. The Bertz CT molecular complexity index is 857. The van der Waals surface area contributed by atoms with Gasteiger partial charge in [-0.3, -0.25) is 14.6 Å². The summed E-state index contributed by atoms with van der Waals surface area (Å²) in [6.07, 6.45) is 3.80. The first-order valence-electron chi connectivity index (χ1n) is 6.47. The zero-order valence-electron chi connectivity index (χ0n) is 11.5. The van der Waals surface area contributed by atoms with Gasteiger partial charge in [0.1, 0.15) is 5.82 Å². The third kappa shape index (κ3) is 2.19. The maximum absolute atomic E-state index is 11.7. The average Bonchev–Trinajstić information content (AvgIpc) is 2.93. The number of rotatable bonds is 4. The van der Waals surface area contributed by atoms with Gasteiger partial charge in [-0.25, -0.2) is 10.9 Å². The largest absolute Gasteiger partial charge is 0.365 e. The lowest BCUT2D eigenvalue weighted by Gasteiger charge is -2.08. The van der Waals surface area contributed by atoms with Gasteiger partial charge in [0.05, 0.1) is 5.56 Å². The van der Waals surface area contributed by atoms with Crippen LogP contribution in [0.4, 0.5) is 5.82 Å². The highest BCUT2D eigenvalue weighted by Crippen LogP contribution is 2.30. The van der Waals surface area contributed by atoms with Crippen LogP contribution < -0.4 is 16.6 Å². The van der Waals surface area contributed by atoms with E-state index in [-0.39, 0.29) is 11.4 Å². The molecular formula is C15H13N5O2. The maximum Gasteiger partial charge on any atom is 0.253 e. The first kappa shape index (κ1) is 13.8. The lowest BCUT2D eigenvalue weighted by Crippen LogP contribution is -2.31. The van der Waals surface area contributed by atoms with Crippen LogP contribution in [0.3, 0.4) is 0 Å². The average molecular weight is 295 g/mol. The number of primary amides is 1. The summed E-state index contributed by atoms with van der Waals surface area (Å²) in [6.45, 7) is 0. The summed E-state index contributed by atoms with van der Waals surface area (Å²) in [5, 5.41) is 1.41. The van der Waals surface area contributed by atoms with Crippen molar-refractivity contribution in [3.05, 3.63) is 48.3 Å². The van der Waals surface area contributed by atoms with E-state index < -0.39 is 5.91 Å². The molecule has 7 nitrogen and oxygen atoms in total. The van der Waals surface area contributed by atoms with Crippen LogP contribution in [0.1, 0.15) is 10.4 Å². The number of benzene rings is 1. The van der Waals surface area contributed by atoms with Gasteiger partial charge in [0.25, 0.3) is 5.91 Å². The first-order chi connectivity index (χ1) is 10.6. The summed E-state index contributed by atoms with van der Waals surface area (Å²) in [6, 6.07) is 9.24. The van der Waals surface area contributed by atoms with E-state index >= 15 is 0 Å². The molecule has 0 bridgehead atoms. The van der Waals surface area contributed by atoms with Crippen molar-refractivity contribution in [2.75, 3.05) is 5.01 Å². The Kier molecular flexibility index (Phi) is 3.32. The normalized spacial score (nSPS) is 10.6. The van der Waals surface area contributed by atoms with Crippen LogP contribution in [0, 0.1) is 0 Å². The number of nitrogens with one attached hydrogen (secondary N) is 1. The number of aromatic amines is 1. The molecule has 5 N–H and O–H groups in total. The van der Waals surface area contributed by atoms with Gasteiger partial charge in [0.15, 0.2) is 0 Å². The summed E-state index contributed by atoms with van der Waals surface area (Å²) in [4.78, 5) is 29.5. The third-order valence-electron chi connectivity index (χ3n) is 3.41. The monoisotopic (exact) mass is 295 g/mol. The number of nitrogens with two attached hydrogens (primary N) is 2. The Hall–Kier alpha value is -3.19. The van der Waals surface area contributed by atoms with E-state index in [1.165, 1.54) is 0 Å². The molecule has 0 spiro atoms. The van der Waals surface area contributed by atoms with Crippen LogP contribution in [-0.4, -0.2) is 22.3 Å². The van der Waals surface area contributed by atoms with Crippen LogP contribution in [0.15, 0.2) is 42.7 Å². The van der Waals surface area contributed by atoms with Crippen LogP contribution in [0.5, 0.6) is 0 Å². The molecule has 0 aliphatic rings. The van der Waals surface area contributed by atoms with Crippen molar-refractivity contribution in [3.63, 3.8) is 0 Å². The van der Waals surface area contributed by atoms with Gasteiger partial charge in [0, 0.05) is 23.3 Å². The smallest absolute Gasteiger partial charge is 0.253 e. The van der Waals surface area contributed by atoms with Crippen molar-refractivity contribution in [2.24, 2.45) is 11.6 Å². The number of H-pyrrole nitrogens is 1. The molecule has 0 saturated heterocycles. The summed E-state index contributed by atoms with van der Waals surface area (Å²) in [5.41, 5.74) is 8.17. The van der Waals surface area contributed by atoms with Crippen molar-refractivity contribution in [3.8, 4) is 11.1 Å². The van der Waals surface area contributed by atoms with E-state index in [1.54, 1.807) is 18.5 Å². The highest BCUT2D eigenvalue weighted by molar-refractivity contribution is 6.12. The molecule has 0 unspecified atom stereocenters. The number of hydrazine groups is 1. The van der Waals surface area contributed by atoms with E-state index in [0.717, 1.165) is 16.1 Å². The second kappa shape index (κ2) is 5.30. The number of fused-ring (bicyclic) bond motifs is 1. The standard InChI is InChI=1S/C15H13N5O2/c16-14(22)13-11-2-1-10(9-3-5-18-6-4-9)7-12(11)19-15(13)20(17)8-21/h1-8,19H,17H2,(H2,16,22). The molecule has 0 aliphatic carbocycles. The van der Waals surface area contributed by atoms with Crippen LogP contribution in [-0.2, 0) is 4.79 Å². The summed E-state index contributed by atoms with van der Waals surface area (Å²) in [5.74, 6) is 5.08. The highest BCUT2D eigenvalue weighted by atomic mass is 16.1. The number of hydrogen-bond acceptors (Lipinski definition) is 4. The fourth-order valence-corrected chi connectivity index (χ4v) is 2.40. The zero-order chi connectivity index (χ0) is 15.7. The molecule has 2 heterocycles. The van der Waals surface area contributed by atoms with E-state index in [9.17, 15) is 9.59 Å². The van der Waals surface area contributed by atoms with Crippen molar-refractivity contribution >= 4 is 29.0 Å². The quantitative estimate of drug-likeness (QED) is 0.290. The number of hydrogen-bond donors (Lipinski definition) is 3. The Balaban J connectivity index is 2.22. The summed E-state index contributed by atoms with van der Waals surface area (Å²) in [7, 11) is 0. The molecule has 0 saturated carbocycles. The predicted molar refractivity (Wildman–Crippen MR) is 82.8 cm³/mol. The second-order valence-electron chi connectivity index (χ2n) is 4.72. The minimum atomic E-state index is -0.657. The molecule has 110 valence electrons. The predicted octanol–water partition coefficient (Wildman–Crippen LogP) is 1.17. The van der Waals surface area contributed by atoms with Gasteiger partial charge >= 0.3 is 0 Å². The number of carbonyl (C=O) groups excluding carboxylic acids is 2. The van der Waals surface area contributed by atoms with Gasteiger partial charge < -0.3 is 10.7 Å². The topological polar surface area (TPSA) is 118 Å². The molecule has 0 atom stereocenters. The molecule has 2 amide bonds. The molecule has 22 heavy (non-hydrogen) atoms. The van der Waals surface area contributed by atoms with Gasteiger partial charge in [-0.15, -0.1) is 0 Å². The zero-order valence-corrected chi connectivity index (χ0v) is 11.5. The van der Waals surface area contributed by atoms with E-state index in [2.05, 4.69) is 9.97 Å². The fourth-order valence-electron chi connectivity index (χ4n) is 2.40. The molecule has 3 rings (SSSR count). The molecular weight excluding hydrogens is 282 g/mol. The van der Waals surface area contributed by atoms with Gasteiger partial charge in [-0.1, -0.05) is 12.1 Å². The van der Waals surface area contributed by atoms with Crippen molar-refractivity contribution in [1.29, 1.82) is 0 Å². The van der Waals surface area contributed by atoms with Crippen molar-refractivity contribution in [1.82, 2.24) is 9.97 Å². The van der Waals surface area contributed by atoms with E-state index in [4.69, 9.17) is 11.6 Å². The van der Waals surface area contributed by atoms with Crippen molar-refractivity contribution in [2.45, 2.75) is 0 Å². The molecule has 0 fully saturated rings. The maximum atomic E-state index is 11.7. The van der Waals surface area contributed by atoms with Gasteiger partial charge in [-0.05, 0) is 29.3 Å². The highest BCUT2D eigenvalue weighted by Gasteiger charge is 2.19. The molecule has 3 aromatic rings. The van der Waals surface area contributed by atoms with E-state index in [0.29, 0.717) is 17.3 Å². The Morgan fingerprint density at radius 1 is 1.18 bits per heavy atom. The van der Waals surface area contributed by atoms with Crippen LogP contribution in [0.2, 0.25) is 0 Å². The number of pyridine rings is 1. The Morgan fingerprint density at radius 3 is 2.55 bits per heavy atom. The van der Waals surface area contributed by atoms with Crippen LogP contribution >= 0.6 is 0 Å². The number of carbonyl (C=O) groups is 2. The third-order valence-corrected chi connectivity index (χ3v) is 3.41. The fraction of sp³-hybridized carbons (Fsp3) is 0. The SMILES string of the molecule is NC(=O)c1c(N(N)C=O)[nH]c2cc(-c3ccncc3)ccc12. The lowest BCUT2D eigenvalue weighted by atomic mass is 10.0. The van der Waals surface area contributed by atoms with Gasteiger partial charge in [0.2, 0.25) is 6.41 Å². The molecule has 2 aromatic heterocycles. The lowest BCUT2D eigenvalue weighted by molar-refractivity contribution is -0.107. The Labute approximate surface area is 125 Å². The first-order valence-corrected chi connectivity index (χ1v) is 6.47. The minimum Gasteiger partial charge on any atom is -0.365 e. The Morgan fingerprint density at radius 2 is 1.91 bits per heavy atom. The van der Waals surface area contributed by atoms with Gasteiger partial charge in [-0.2, -0.15) is 0 Å². The van der Waals surface area contributed by atoms with Crippen molar-refractivity contribution < 1.29 is 9.59 Å². The van der Waals surface area contributed by atoms with E-state index in [1.807, 2.05) is 24.3 Å². The number of amides is 2. The number of anilines is 1. The summed E-state index contributed by atoms with van der Waals surface area (Å²) < 4.78 is 0. The molecule has 1 aromatic carbocycles. The van der Waals surface area contributed by atoms with Crippen LogP contribution in [0.25, 0.3) is 22.0 Å². The second-order valence-corrected chi connectivity index (χ2v) is 4.72. The minimum absolute atomic E-state index is 0.171. The molecule has 0 aliphatic heterocycles.